The van der Waals surface area contributed by atoms with Gasteiger partial charge in [0.25, 0.3) is 5.91 Å². The number of carbonyl (C=O) groups excluding carboxylic acids is 2. The molecule has 2 N–H and O–H groups in total. The molecule has 0 spiro atoms. The Morgan fingerprint density at radius 1 is 1.16 bits per heavy atom. The average molecular weight is 480 g/mol. The maximum Gasteiger partial charge on any atom is 0.326 e. The summed E-state index contributed by atoms with van der Waals surface area (Å²) < 4.78 is 41.0. The van der Waals surface area contributed by atoms with Crippen LogP contribution < -0.4 is 19.4 Å². The highest BCUT2D eigenvalue weighted by Crippen LogP contribution is 2.25. The SMILES string of the molecule is CCOC(=O)Cn1c(=NC(=O)COc2ccccc2OC)sc2cc(S(N)(=O)=O)ccc21. The standard InChI is InChI=1S/C20H21N3O7S2/c1-3-29-19(25)11-23-14-9-8-13(32(21,26)27)10-17(14)31-20(23)22-18(24)12-30-16-7-5-4-6-15(16)28-2/h4-10H,3,11-12H2,1-2H3,(H2,21,26,27). The van der Waals surface area contributed by atoms with Gasteiger partial charge >= 0.3 is 5.97 Å². The number of ether oxygens (including phenoxy) is 3. The van der Waals surface area contributed by atoms with Crippen LogP contribution in [0.25, 0.3) is 10.2 Å². The van der Waals surface area contributed by atoms with Gasteiger partial charge in [0, 0.05) is 0 Å². The molecule has 0 aliphatic rings. The van der Waals surface area contributed by atoms with Gasteiger partial charge in [-0.15, -0.1) is 0 Å². The van der Waals surface area contributed by atoms with Gasteiger partial charge in [0.2, 0.25) is 10.0 Å². The van der Waals surface area contributed by atoms with E-state index in [0.717, 1.165) is 11.3 Å². The van der Waals surface area contributed by atoms with E-state index in [1.165, 1.54) is 29.9 Å². The molecule has 1 heterocycles. The van der Waals surface area contributed by atoms with Gasteiger partial charge in [-0.2, -0.15) is 4.99 Å². The smallest absolute Gasteiger partial charge is 0.326 e. The third kappa shape index (κ3) is 5.52. The van der Waals surface area contributed by atoms with Gasteiger partial charge in [-0.05, 0) is 37.3 Å². The number of hydrogen-bond donors (Lipinski definition) is 1. The summed E-state index contributed by atoms with van der Waals surface area (Å²) in [6.07, 6.45) is 0. The van der Waals surface area contributed by atoms with E-state index in [1.807, 2.05) is 0 Å². The van der Waals surface area contributed by atoms with Crippen LogP contribution in [0.4, 0.5) is 0 Å². The third-order valence-electron chi connectivity index (χ3n) is 4.22. The molecule has 3 aromatic rings. The summed E-state index contributed by atoms with van der Waals surface area (Å²) in [5, 5.41) is 5.20. The van der Waals surface area contributed by atoms with Crippen LogP contribution in [-0.4, -0.2) is 45.2 Å². The van der Waals surface area contributed by atoms with Crippen molar-refractivity contribution in [3.8, 4) is 11.5 Å². The first-order valence-corrected chi connectivity index (χ1v) is 11.7. The molecule has 1 aromatic heterocycles. The van der Waals surface area contributed by atoms with E-state index in [0.29, 0.717) is 21.7 Å². The monoisotopic (exact) mass is 479 g/mol. The van der Waals surface area contributed by atoms with Crippen molar-refractivity contribution < 1.29 is 32.2 Å². The lowest BCUT2D eigenvalue weighted by atomic mass is 10.3. The number of thiazole rings is 1. The maximum atomic E-state index is 12.5. The molecule has 0 aliphatic heterocycles. The van der Waals surface area contributed by atoms with Crippen molar-refractivity contribution in [2.75, 3.05) is 20.3 Å². The van der Waals surface area contributed by atoms with Crippen LogP contribution in [0.15, 0.2) is 52.4 Å². The first-order chi connectivity index (χ1) is 15.2. The largest absolute Gasteiger partial charge is 0.493 e. The van der Waals surface area contributed by atoms with E-state index in [1.54, 1.807) is 31.2 Å². The number of para-hydroxylation sites is 2. The van der Waals surface area contributed by atoms with Gasteiger partial charge in [-0.1, -0.05) is 23.5 Å². The Balaban J connectivity index is 1.97. The number of methoxy groups -OCH3 is 1. The van der Waals surface area contributed by atoms with Gasteiger partial charge in [0.15, 0.2) is 22.9 Å². The average Bonchev–Trinajstić information content (AvgIpc) is 3.08. The van der Waals surface area contributed by atoms with E-state index >= 15 is 0 Å². The molecule has 0 saturated heterocycles. The van der Waals surface area contributed by atoms with Crippen LogP contribution in [0.5, 0.6) is 11.5 Å². The lowest BCUT2D eigenvalue weighted by molar-refractivity contribution is -0.143. The maximum absolute atomic E-state index is 12.5. The molecule has 3 rings (SSSR count). The van der Waals surface area contributed by atoms with Gasteiger partial charge in [0.1, 0.15) is 6.54 Å². The molecule has 2 aromatic carbocycles. The lowest BCUT2D eigenvalue weighted by Gasteiger charge is -2.08. The number of sulfonamides is 1. The van der Waals surface area contributed by atoms with E-state index < -0.39 is 21.9 Å². The highest BCUT2D eigenvalue weighted by molar-refractivity contribution is 7.89. The van der Waals surface area contributed by atoms with Crippen molar-refractivity contribution >= 4 is 43.5 Å². The number of rotatable bonds is 8. The molecule has 12 heteroatoms. The number of carbonyl (C=O) groups is 2. The number of nitrogens with zero attached hydrogens (tertiary/aromatic N) is 2. The molecule has 0 unspecified atom stereocenters. The molecule has 0 aliphatic carbocycles. The van der Waals surface area contributed by atoms with Crippen LogP contribution in [-0.2, 0) is 30.9 Å². The number of hydrogen-bond acceptors (Lipinski definition) is 8. The molecule has 0 saturated carbocycles. The summed E-state index contributed by atoms with van der Waals surface area (Å²) in [7, 11) is -2.44. The second-order valence-electron chi connectivity index (χ2n) is 6.40. The fourth-order valence-corrected chi connectivity index (χ4v) is 4.52. The number of esters is 1. The minimum atomic E-state index is -3.92. The van der Waals surface area contributed by atoms with Crippen LogP contribution in [0.2, 0.25) is 0 Å². The summed E-state index contributed by atoms with van der Waals surface area (Å²) in [5.74, 6) is -0.282. The predicted octanol–water partition coefficient (Wildman–Crippen LogP) is 1.43. The van der Waals surface area contributed by atoms with Crippen LogP contribution in [0.3, 0.4) is 0 Å². The Kier molecular flexibility index (Phi) is 7.28. The zero-order valence-electron chi connectivity index (χ0n) is 17.3. The number of aromatic nitrogens is 1. The fraction of sp³-hybridized carbons (Fsp3) is 0.250. The topological polar surface area (TPSA) is 139 Å². The van der Waals surface area contributed by atoms with Crippen LogP contribution in [0.1, 0.15) is 6.92 Å². The quantitative estimate of drug-likeness (QED) is 0.482. The first-order valence-electron chi connectivity index (χ1n) is 9.38. The molecule has 32 heavy (non-hydrogen) atoms. The van der Waals surface area contributed by atoms with E-state index in [4.69, 9.17) is 19.3 Å². The van der Waals surface area contributed by atoms with Crippen molar-refractivity contribution in [3.05, 3.63) is 47.3 Å². The van der Waals surface area contributed by atoms with Gasteiger partial charge in [-0.25, -0.2) is 13.6 Å². The number of primary sulfonamides is 1. The molecule has 10 nitrogen and oxygen atoms in total. The van der Waals surface area contributed by atoms with Crippen molar-refractivity contribution in [2.45, 2.75) is 18.4 Å². The first kappa shape index (κ1) is 23.4. The summed E-state index contributed by atoms with van der Waals surface area (Å²) in [4.78, 5) is 28.7. The Morgan fingerprint density at radius 2 is 1.88 bits per heavy atom. The molecular formula is C20H21N3O7S2. The zero-order chi connectivity index (χ0) is 23.3. The molecule has 170 valence electrons. The summed E-state index contributed by atoms with van der Waals surface area (Å²) in [5.41, 5.74) is 0.507. The Hall–Kier alpha value is -3.22. The molecule has 0 atom stereocenters. The molecule has 0 bridgehead atoms. The van der Waals surface area contributed by atoms with E-state index in [9.17, 15) is 18.0 Å². The van der Waals surface area contributed by atoms with Crippen LogP contribution >= 0.6 is 11.3 Å². The molecule has 0 radical (unpaired) electrons. The lowest BCUT2D eigenvalue weighted by Crippen LogP contribution is -2.24. The van der Waals surface area contributed by atoms with Gasteiger partial charge < -0.3 is 18.8 Å². The van der Waals surface area contributed by atoms with Crippen molar-refractivity contribution in [1.82, 2.24) is 4.57 Å². The second-order valence-corrected chi connectivity index (χ2v) is 8.97. The number of nitrogens with two attached hydrogens (primary N) is 1. The van der Waals surface area contributed by atoms with Crippen molar-refractivity contribution in [2.24, 2.45) is 10.1 Å². The van der Waals surface area contributed by atoms with E-state index in [2.05, 4.69) is 4.99 Å². The van der Waals surface area contributed by atoms with Crippen LogP contribution in [0, 0.1) is 0 Å². The van der Waals surface area contributed by atoms with Crippen molar-refractivity contribution in [3.63, 3.8) is 0 Å². The predicted molar refractivity (Wildman–Crippen MR) is 117 cm³/mol. The zero-order valence-corrected chi connectivity index (χ0v) is 18.9. The van der Waals surface area contributed by atoms with Gasteiger partial charge in [-0.3, -0.25) is 9.59 Å². The summed E-state index contributed by atoms with van der Waals surface area (Å²) in [6, 6.07) is 11.0. The van der Waals surface area contributed by atoms with Crippen molar-refractivity contribution in [1.29, 1.82) is 0 Å². The van der Waals surface area contributed by atoms with Gasteiger partial charge in [0.05, 0.1) is 28.8 Å². The molecule has 1 amide bonds. The highest BCUT2D eigenvalue weighted by atomic mass is 32.2. The Bertz CT molecular complexity index is 1330. The summed E-state index contributed by atoms with van der Waals surface area (Å²) in [6.45, 7) is 1.30. The summed E-state index contributed by atoms with van der Waals surface area (Å²) >= 11 is 1.04. The highest BCUT2D eigenvalue weighted by Gasteiger charge is 2.16. The van der Waals surface area contributed by atoms with E-state index in [-0.39, 0.29) is 29.5 Å². The third-order valence-corrected chi connectivity index (χ3v) is 6.17. The number of fused-ring (bicyclic) bond motifs is 1. The minimum Gasteiger partial charge on any atom is -0.493 e. The minimum absolute atomic E-state index is 0.0908. The number of amides is 1. The fourth-order valence-electron chi connectivity index (χ4n) is 2.82. The normalized spacial score (nSPS) is 12.0. The Morgan fingerprint density at radius 3 is 2.53 bits per heavy atom. The number of benzene rings is 2. The Labute approximate surface area is 187 Å². The molecular weight excluding hydrogens is 458 g/mol. The molecule has 0 fully saturated rings. The second kappa shape index (κ2) is 9.94.